The molecule has 0 atom stereocenters. The van der Waals surface area contributed by atoms with E-state index in [9.17, 15) is 19.2 Å². The fourth-order valence-corrected chi connectivity index (χ4v) is 11.4. The van der Waals surface area contributed by atoms with E-state index in [4.69, 9.17) is 28.4 Å². The Hall–Kier alpha value is -4.48. The normalized spacial score (nSPS) is 24.7. The number of methoxy groups -OCH3 is 2. The second-order valence-corrected chi connectivity index (χ2v) is 17.9. The van der Waals surface area contributed by atoms with Crippen molar-refractivity contribution in [3.8, 4) is 11.5 Å². The van der Waals surface area contributed by atoms with Crippen LogP contribution in [0.1, 0.15) is 65.2 Å². The van der Waals surface area contributed by atoms with E-state index in [2.05, 4.69) is 35.8 Å². The molecule has 14 heteroatoms. The van der Waals surface area contributed by atoms with Gasteiger partial charge in [-0.15, -0.1) is 0 Å². The molecule has 2 saturated heterocycles. The van der Waals surface area contributed by atoms with Crippen molar-refractivity contribution in [3.05, 3.63) is 81.0 Å². The van der Waals surface area contributed by atoms with Crippen LogP contribution in [0.3, 0.4) is 0 Å². The van der Waals surface area contributed by atoms with E-state index in [0.29, 0.717) is 0 Å². The summed E-state index contributed by atoms with van der Waals surface area (Å²) < 4.78 is 38.3. The Bertz CT molecular complexity index is 1810. The number of anilines is 2. The number of carbonyl (C=O) groups excluding carboxylic acids is 4. The van der Waals surface area contributed by atoms with Gasteiger partial charge in [-0.2, -0.15) is 0 Å². The summed E-state index contributed by atoms with van der Waals surface area (Å²) in [5.74, 6) is -4.73. The number of carbonyl (C=O) groups is 4. The van der Waals surface area contributed by atoms with Gasteiger partial charge in [0.05, 0.1) is 0 Å². The van der Waals surface area contributed by atoms with Crippen molar-refractivity contribution < 1.29 is 47.6 Å². The van der Waals surface area contributed by atoms with Crippen molar-refractivity contribution in [2.45, 2.75) is 76.8 Å². The second-order valence-electron chi connectivity index (χ2n) is 13.4. The van der Waals surface area contributed by atoms with E-state index < -0.39 is 35.5 Å². The Balaban J connectivity index is 1.00. The van der Waals surface area contributed by atoms with Crippen LogP contribution in [0.2, 0.25) is 0 Å². The van der Waals surface area contributed by atoms with E-state index >= 15 is 0 Å². The monoisotopic (exact) mass is 870 g/mol. The molecule has 2 spiro atoms. The summed E-state index contributed by atoms with van der Waals surface area (Å²) in [6.07, 6.45) is 10.5. The number of hydrogen-bond donors (Lipinski definition) is 0. The summed E-state index contributed by atoms with van der Waals surface area (Å²) in [7, 11) is 3.27. The van der Waals surface area contributed by atoms with Crippen molar-refractivity contribution in [3.63, 3.8) is 0 Å². The van der Waals surface area contributed by atoms with E-state index in [1.165, 1.54) is 21.1 Å². The summed E-state index contributed by atoms with van der Waals surface area (Å²) >= 11 is -0.0807. The summed E-state index contributed by atoms with van der Waals surface area (Å²) in [6.45, 7) is 5.84. The molecule has 4 aliphatic heterocycles. The molecule has 0 unspecified atom stereocenters. The zero-order valence-electron chi connectivity index (χ0n) is 30.6. The van der Waals surface area contributed by atoms with Crippen LogP contribution < -0.4 is 28.2 Å². The minimum absolute atomic E-state index is 0.00974. The molecule has 5 aliphatic rings. The third-order valence-electron chi connectivity index (χ3n) is 9.90. The van der Waals surface area contributed by atoms with Gasteiger partial charge >= 0.3 is 328 Å². The molecule has 2 aromatic rings. The zero-order valence-corrected chi connectivity index (χ0v) is 34.1. The van der Waals surface area contributed by atoms with Gasteiger partial charge in [-0.25, -0.2) is 0 Å². The number of allylic oxidation sites excluding steroid dienone is 4. The second kappa shape index (κ2) is 15.7. The molecule has 284 valence electrons. The van der Waals surface area contributed by atoms with E-state index in [-0.39, 0.29) is 66.7 Å². The molecular weight excluding hydrogens is 826 g/mol. The van der Waals surface area contributed by atoms with Crippen LogP contribution in [0.4, 0.5) is 11.4 Å². The Kier molecular flexibility index (Phi) is 11.0. The van der Waals surface area contributed by atoms with Crippen LogP contribution in [-0.4, -0.2) is 92.7 Å². The van der Waals surface area contributed by atoms with Crippen LogP contribution in [0.5, 0.6) is 11.5 Å². The fourth-order valence-electron chi connectivity index (χ4n) is 6.86. The van der Waals surface area contributed by atoms with Crippen molar-refractivity contribution in [1.29, 1.82) is 0 Å². The molecule has 12 nitrogen and oxygen atoms in total. The van der Waals surface area contributed by atoms with Crippen molar-refractivity contribution in [2.75, 3.05) is 37.1 Å². The van der Waals surface area contributed by atoms with Crippen molar-refractivity contribution in [1.82, 2.24) is 0 Å². The molecule has 0 aromatic heterocycles. The van der Waals surface area contributed by atoms with Gasteiger partial charge < -0.3 is 0 Å². The van der Waals surface area contributed by atoms with E-state index in [1.807, 2.05) is 24.3 Å². The van der Waals surface area contributed by atoms with E-state index in [0.717, 1.165) is 70.8 Å². The number of ether oxygens (including phenoxy) is 6. The molecule has 3 fully saturated rings. The van der Waals surface area contributed by atoms with Gasteiger partial charge in [0.2, 0.25) is 0 Å². The van der Waals surface area contributed by atoms with Gasteiger partial charge in [0.1, 0.15) is 0 Å². The van der Waals surface area contributed by atoms with Gasteiger partial charge in [0, 0.05) is 0 Å². The summed E-state index contributed by atoms with van der Waals surface area (Å²) in [6, 6.07) is 12.0. The van der Waals surface area contributed by atoms with Crippen LogP contribution in [-0.2, 0) is 38.1 Å². The number of fused-ring (bicyclic) bond motifs is 2. The van der Waals surface area contributed by atoms with Gasteiger partial charge in [0.15, 0.2) is 0 Å². The van der Waals surface area contributed by atoms with E-state index in [1.54, 1.807) is 26.4 Å². The molecule has 0 amide bonds. The maximum atomic E-state index is 13.3. The topological polar surface area (TPSA) is 130 Å². The average Bonchev–Trinajstić information content (AvgIpc) is 3.69. The average molecular weight is 869 g/mol. The Morgan fingerprint density at radius 1 is 0.611 bits per heavy atom. The molecule has 0 N–H and O–H groups in total. The Morgan fingerprint density at radius 2 is 0.981 bits per heavy atom. The third-order valence-corrected chi connectivity index (χ3v) is 14.6. The van der Waals surface area contributed by atoms with Gasteiger partial charge in [-0.3, -0.25) is 0 Å². The molecule has 7 rings (SSSR count). The van der Waals surface area contributed by atoms with Crippen LogP contribution in [0.25, 0.3) is 0 Å². The predicted octanol–water partition coefficient (Wildman–Crippen LogP) is 4.01. The number of unbranched alkanes of at least 4 members (excludes halogenated alkanes) is 2. The third kappa shape index (κ3) is 7.45. The number of hydrogen-bond acceptors (Lipinski definition) is 12. The number of benzene rings is 2. The first-order chi connectivity index (χ1) is 26.1. The Labute approximate surface area is 326 Å². The zero-order chi connectivity index (χ0) is 38.0. The summed E-state index contributed by atoms with van der Waals surface area (Å²) in [4.78, 5) is 57.5. The number of rotatable bonds is 10. The van der Waals surface area contributed by atoms with Gasteiger partial charge in [-0.05, 0) is 0 Å². The fraction of sp³-hybridized carbons (Fsp3) is 0.400. The molecule has 1 aliphatic carbocycles. The first kappa shape index (κ1) is 37.8. The van der Waals surface area contributed by atoms with Crippen molar-refractivity contribution in [2.24, 2.45) is 0 Å². The standard InChI is InChI=1S/C40H42N2O10Se2/c1-5-7-21-41-29-23-25(47-3)9-13-31(29)53-33(41)15-11-27-35(43)49-39(50-36(27)44)17-19-40(20-18-39)51-37(45)28(38(46)52-40)12-16-34-42(22-8-6-2)30-24-26(48-4)10-14-32(30)54-34/h9-16,23-24H,5-8,17-22H2,1-4H3/b27-11?,28-12?,33-15-,34-16-. The number of nitrogens with zero attached hydrogens (tertiary/aromatic N) is 2. The molecule has 0 radical (unpaired) electrons. The molecule has 4 heterocycles. The first-order valence-corrected chi connectivity index (χ1v) is 21.6. The minimum atomic E-state index is -1.55. The molecule has 54 heavy (non-hydrogen) atoms. The van der Waals surface area contributed by atoms with Crippen LogP contribution in [0, 0.1) is 0 Å². The first-order valence-electron chi connectivity index (χ1n) is 18.1. The molecular formula is C40H42N2O10Se2. The SMILES string of the molecule is CCCCN1/C(=C/C=C2C(=O)OC3(CCC4(CC3)OC(=O)C(=C/C=C3\[Se]c5ccc(OC)cc5N3CCCC)C(=O)O4)OC2=O)[Se]c2ccc(OC)cc21. The molecule has 2 aromatic carbocycles. The van der Waals surface area contributed by atoms with Gasteiger partial charge in [0.25, 0.3) is 0 Å². The summed E-state index contributed by atoms with van der Waals surface area (Å²) in [5.41, 5.74) is 1.73. The Morgan fingerprint density at radius 3 is 1.31 bits per heavy atom. The van der Waals surface area contributed by atoms with Crippen molar-refractivity contribution >= 4 is 74.1 Å². The van der Waals surface area contributed by atoms with Crippen LogP contribution >= 0.6 is 0 Å². The predicted molar refractivity (Wildman–Crippen MR) is 202 cm³/mol. The number of esters is 4. The quantitative estimate of drug-likeness (QED) is 0.148. The molecule has 0 bridgehead atoms. The van der Waals surface area contributed by atoms with Crippen LogP contribution in [0.15, 0.2) is 81.0 Å². The maximum absolute atomic E-state index is 13.3. The molecule has 1 saturated carbocycles. The van der Waals surface area contributed by atoms with Gasteiger partial charge in [-0.1, -0.05) is 0 Å². The summed E-state index contributed by atoms with van der Waals surface area (Å²) in [5, 5.41) is 0.